The lowest BCUT2D eigenvalue weighted by Gasteiger charge is -2.43. The minimum absolute atomic E-state index is 0.179. The van der Waals surface area contributed by atoms with Gasteiger partial charge in [0.1, 0.15) is 5.69 Å². The summed E-state index contributed by atoms with van der Waals surface area (Å²) in [5.41, 5.74) is 12.8. The molecule has 1 aliphatic heterocycles. The van der Waals surface area contributed by atoms with E-state index in [1.807, 2.05) is 0 Å². The number of quaternary nitrogens is 1. The summed E-state index contributed by atoms with van der Waals surface area (Å²) in [6.07, 6.45) is 8.05. The van der Waals surface area contributed by atoms with Gasteiger partial charge in [-0.05, 0) is 30.3 Å². The largest absolute Gasteiger partial charge is 0.420 e. The molecule has 0 spiro atoms. The smallest absolute Gasteiger partial charge is 0.364 e. The number of urea groups is 1. The zero-order valence-electron chi connectivity index (χ0n) is 17.4. The highest BCUT2D eigenvalue weighted by Gasteiger charge is 2.65. The van der Waals surface area contributed by atoms with Crippen LogP contribution >= 0.6 is 0 Å². The normalized spacial score (nSPS) is 22.2. The van der Waals surface area contributed by atoms with E-state index in [2.05, 4.69) is 5.92 Å². The first kappa shape index (κ1) is 21.1. The van der Waals surface area contributed by atoms with Crippen LogP contribution in [-0.2, 0) is 10.3 Å². The molecule has 1 aliphatic rings. The van der Waals surface area contributed by atoms with Gasteiger partial charge in [0.25, 0.3) is 11.5 Å². The molecule has 4 rings (SSSR count). The van der Waals surface area contributed by atoms with Crippen molar-refractivity contribution in [3.8, 4) is 18.0 Å². The second-order valence-electron chi connectivity index (χ2n) is 7.85. The highest BCUT2D eigenvalue weighted by Crippen LogP contribution is 2.48. The molecule has 1 saturated heterocycles. The van der Waals surface area contributed by atoms with Crippen LogP contribution in [0, 0.1) is 12.3 Å². The minimum atomic E-state index is -1.39. The number of benzene rings is 2. The van der Waals surface area contributed by atoms with Crippen LogP contribution < -0.4 is 21.5 Å². The molecule has 0 saturated carbocycles. The second kappa shape index (κ2) is 7.84. The van der Waals surface area contributed by atoms with E-state index in [4.69, 9.17) is 17.9 Å². The van der Waals surface area contributed by atoms with Crippen molar-refractivity contribution in [3.05, 3.63) is 94.4 Å². The van der Waals surface area contributed by atoms with E-state index in [1.54, 1.807) is 66.9 Å². The summed E-state index contributed by atoms with van der Waals surface area (Å²) >= 11 is 0. The third-order valence-electron chi connectivity index (χ3n) is 6.39. The van der Waals surface area contributed by atoms with Gasteiger partial charge in [-0.25, -0.2) is 4.79 Å². The first-order valence-corrected chi connectivity index (χ1v) is 10.2. The van der Waals surface area contributed by atoms with Gasteiger partial charge in [0.15, 0.2) is 0 Å². The van der Waals surface area contributed by atoms with Gasteiger partial charge in [0, 0.05) is 54.1 Å². The molecule has 0 bridgehead atoms. The van der Waals surface area contributed by atoms with Gasteiger partial charge in [-0.2, -0.15) is 4.48 Å². The molecule has 7 nitrogen and oxygen atoms in total. The van der Waals surface area contributed by atoms with Gasteiger partial charge in [-0.1, -0.05) is 24.1 Å². The van der Waals surface area contributed by atoms with Crippen molar-refractivity contribution in [1.82, 2.24) is 9.05 Å². The van der Waals surface area contributed by atoms with Gasteiger partial charge in [-0.15, -0.1) is 6.42 Å². The van der Waals surface area contributed by atoms with Gasteiger partial charge in [0.05, 0.1) is 6.54 Å². The Labute approximate surface area is 185 Å². The lowest BCUT2D eigenvalue weighted by Crippen LogP contribution is -2.70. The number of carbonyl (C=O) groups excluding carboxylic acids is 2. The van der Waals surface area contributed by atoms with Crippen LogP contribution in [0.25, 0.3) is 5.69 Å². The minimum Gasteiger partial charge on any atom is -0.364 e. The summed E-state index contributed by atoms with van der Waals surface area (Å²) in [6, 6.07) is 18.0. The molecule has 160 valence electrons. The number of amides is 3. The number of carbonyl (C=O) groups is 2. The lowest BCUT2D eigenvalue weighted by atomic mass is 9.83. The molecule has 0 radical (unpaired) electrons. The number of likely N-dealkylation sites (tertiary alicyclic amines) is 1. The molecule has 2 atom stereocenters. The second-order valence-corrected chi connectivity index (χ2v) is 7.85. The van der Waals surface area contributed by atoms with Gasteiger partial charge < -0.3 is 11.5 Å². The van der Waals surface area contributed by atoms with Crippen LogP contribution in [0.1, 0.15) is 24.0 Å². The molecule has 2 heterocycles. The topological polar surface area (TPSA) is 108 Å². The van der Waals surface area contributed by atoms with E-state index in [0.29, 0.717) is 41.9 Å². The molecule has 4 N–H and O–H groups in total. The summed E-state index contributed by atoms with van der Waals surface area (Å²) in [4.78, 5) is 38.2. The predicted molar refractivity (Wildman–Crippen MR) is 123 cm³/mol. The van der Waals surface area contributed by atoms with Crippen molar-refractivity contribution in [2.24, 2.45) is 11.5 Å². The Morgan fingerprint density at radius 3 is 2.25 bits per heavy atom. The molecule has 0 aliphatic carbocycles. The maximum Gasteiger partial charge on any atom is 0.420 e. The van der Waals surface area contributed by atoms with Crippen LogP contribution in [0.5, 0.6) is 0 Å². The molecule has 3 aromatic rings. The number of nitrogens with two attached hydrogens (primary N) is 2. The number of nitrogens with zero attached hydrogens (tertiary/aromatic N) is 2. The Balaban J connectivity index is 1.90. The predicted octanol–water partition coefficient (Wildman–Crippen LogP) is 2.38. The molecule has 7 heteroatoms. The van der Waals surface area contributed by atoms with Crippen molar-refractivity contribution >= 4 is 17.6 Å². The van der Waals surface area contributed by atoms with E-state index in [-0.39, 0.29) is 5.56 Å². The average Bonchev–Trinajstić information content (AvgIpc) is 3.22. The molecule has 32 heavy (non-hydrogen) atoms. The number of aromatic nitrogens is 1. The molecular formula is C25H23N4O3+. The third-order valence-corrected chi connectivity index (χ3v) is 6.39. The van der Waals surface area contributed by atoms with E-state index in [1.165, 1.54) is 10.6 Å². The third kappa shape index (κ3) is 2.93. The maximum atomic E-state index is 13.1. The van der Waals surface area contributed by atoms with Crippen molar-refractivity contribution in [2.45, 2.75) is 18.4 Å². The van der Waals surface area contributed by atoms with Crippen LogP contribution in [0.4, 0.5) is 10.5 Å². The fourth-order valence-electron chi connectivity index (χ4n) is 4.90. The van der Waals surface area contributed by atoms with E-state index >= 15 is 0 Å². The Hall–Kier alpha value is -4.15. The summed E-state index contributed by atoms with van der Waals surface area (Å²) in [5, 5.41) is 0. The van der Waals surface area contributed by atoms with Crippen LogP contribution in [0.15, 0.2) is 77.7 Å². The van der Waals surface area contributed by atoms with Gasteiger partial charge in [-0.3, -0.25) is 14.2 Å². The molecule has 1 aromatic heterocycles. The summed E-state index contributed by atoms with van der Waals surface area (Å²) < 4.78 is 1.07. The van der Waals surface area contributed by atoms with E-state index in [9.17, 15) is 14.4 Å². The molecule has 1 fully saturated rings. The van der Waals surface area contributed by atoms with Crippen molar-refractivity contribution in [1.29, 1.82) is 0 Å². The monoisotopic (exact) mass is 427 g/mol. The Bertz CT molecular complexity index is 1290. The average molecular weight is 427 g/mol. The van der Waals surface area contributed by atoms with Crippen LogP contribution in [0.2, 0.25) is 0 Å². The van der Waals surface area contributed by atoms with Gasteiger partial charge in [0.2, 0.25) is 5.54 Å². The fourth-order valence-corrected chi connectivity index (χ4v) is 4.90. The Morgan fingerprint density at radius 2 is 1.69 bits per heavy atom. The number of hydrogen-bond donors (Lipinski definition) is 2. The SMILES string of the molecule is C#Cc1ccc([N+]2(C(N)=O)CCC[C@]2(C(N)=O)c2ccc(-n3ccccc3=O)cc2)cc1. The zero-order chi connectivity index (χ0) is 22.9. The highest BCUT2D eigenvalue weighted by molar-refractivity contribution is 5.99. The number of primary amides is 2. The van der Waals surface area contributed by atoms with Crippen molar-refractivity contribution in [2.75, 3.05) is 6.54 Å². The number of hydrogen-bond acceptors (Lipinski definition) is 3. The maximum absolute atomic E-state index is 13.1. The number of terminal acetylenes is 1. The standard InChI is InChI=1S/C25H22N4O3/c1-2-18-7-13-21(14-8-18)29(24(27)32)17-5-15-25(29,23(26)31)19-9-11-20(12-10-19)28-16-4-3-6-22(28)30/h1,3-4,6-14,16H,5,15,17H2,(H3-,26,27,31,32)/p+1/t25-,29?/m1/s1. The summed E-state index contributed by atoms with van der Waals surface area (Å²) in [5.74, 6) is 1.91. The number of pyridine rings is 1. The molecule has 2 aromatic carbocycles. The van der Waals surface area contributed by atoms with Gasteiger partial charge >= 0.3 is 6.03 Å². The summed E-state index contributed by atoms with van der Waals surface area (Å²) in [7, 11) is 0. The Kier molecular flexibility index (Phi) is 5.17. The first-order chi connectivity index (χ1) is 15.4. The quantitative estimate of drug-likeness (QED) is 0.493. The van der Waals surface area contributed by atoms with Crippen LogP contribution in [0.3, 0.4) is 0 Å². The first-order valence-electron chi connectivity index (χ1n) is 10.2. The van der Waals surface area contributed by atoms with Crippen LogP contribution in [-0.4, -0.2) is 23.1 Å². The lowest BCUT2D eigenvalue weighted by molar-refractivity contribution is -0.127. The van der Waals surface area contributed by atoms with E-state index < -0.39 is 22.0 Å². The summed E-state index contributed by atoms with van der Waals surface area (Å²) in [6.45, 7) is 0.327. The molecular weight excluding hydrogens is 404 g/mol. The van der Waals surface area contributed by atoms with E-state index in [0.717, 1.165) is 0 Å². The zero-order valence-corrected chi connectivity index (χ0v) is 17.4. The number of rotatable bonds is 4. The molecule has 1 unspecified atom stereocenters. The highest BCUT2D eigenvalue weighted by atomic mass is 16.2. The molecule has 3 amide bonds. The fraction of sp³-hybridized carbons (Fsp3) is 0.160. The van der Waals surface area contributed by atoms with Crippen molar-refractivity contribution in [3.63, 3.8) is 0 Å². The Morgan fingerprint density at radius 1 is 1.00 bits per heavy atom. The van der Waals surface area contributed by atoms with Crippen molar-refractivity contribution < 1.29 is 9.59 Å².